The van der Waals surface area contributed by atoms with Crippen LogP contribution in [0.4, 0.5) is 0 Å². The fourth-order valence-electron chi connectivity index (χ4n) is 4.48. The maximum atomic E-state index is 6.28. The summed E-state index contributed by atoms with van der Waals surface area (Å²) in [4.78, 5) is 12.5. The maximum absolute atomic E-state index is 6.28. The van der Waals surface area contributed by atoms with Crippen molar-refractivity contribution in [2.45, 2.75) is 115 Å². The van der Waals surface area contributed by atoms with Crippen molar-refractivity contribution in [3.05, 3.63) is 35.9 Å². The molecule has 6 heteroatoms. The minimum atomic E-state index is -1.88. The summed E-state index contributed by atoms with van der Waals surface area (Å²) in [6.07, 6.45) is 3.65. The van der Waals surface area contributed by atoms with Crippen molar-refractivity contribution in [2.75, 3.05) is 0 Å². The number of rotatable bonds is 13. The van der Waals surface area contributed by atoms with E-state index in [2.05, 4.69) is 71.9 Å². The standard InChI is InChI=1S/C24H44O4Si2/c1-7-29(8-2,9-3)27-25-24(26-28-30(10-4,11-5)12-6)20-18-23(19-21-24)22-16-14-13-15-17-22/h13-17,23H,7-12,18-21H2,1-6H3. The van der Waals surface area contributed by atoms with Gasteiger partial charge in [0.15, 0.2) is 0 Å². The van der Waals surface area contributed by atoms with Crippen LogP contribution in [0.25, 0.3) is 0 Å². The molecule has 0 amide bonds. The van der Waals surface area contributed by atoms with E-state index in [-0.39, 0.29) is 0 Å². The summed E-state index contributed by atoms with van der Waals surface area (Å²) in [6.45, 7) is 13.3. The maximum Gasteiger partial charge on any atom is 0.238 e. The van der Waals surface area contributed by atoms with E-state index >= 15 is 0 Å². The van der Waals surface area contributed by atoms with Crippen molar-refractivity contribution in [1.82, 2.24) is 0 Å². The zero-order valence-corrected chi connectivity index (χ0v) is 22.2. The Morgan fingerprint density at radius 3 is 1.47 bits per heavy atom. The van der Waals surface area contributed by atoms with E-state index in [0.717, 1.165) is 61.9 Å². The Morgan fingerprint density at radius 1 is 0.700 bits per heavy atom. The molecule has 0 heterocycles. The highest BCUT2D eigenvalue weighted by atomic mass is 28.4. The van der Waals surface area contributed by atoms with Gasteiger partial charge in [-0.3, -0.25) is 9.15 Å². The molecule has 0 saturated heterocycles. The van der Waals surface area contributed by atoms with Gasteiger partial charge in [0, 0.05) is 12.8 Å². The average Bonchev–Trinajstić information content (AvgIpc) is 2.83. The van der Waals surface area contributed by atoms with Crippen molar-refractivity contribution in [3.8, 4) is 0 Å². The summed E-state index contributed by atoms with van der Waals surface area (Å²) >= 11 is 0. The van der Waals surface area contributed by atoms with Crippen LogP contribution in [0.3, 0.4) is 0 Å². The molecule has 2 rings (SSSR count). The summed E-state index contributed by atoms with van der Waals surface area (Å²) < 4.78 is 12.6. The summed E-state index contributed by atoms with van der Waals surface area (Å²) in [5.74, 6) is -0.233. The third-order valence-corrected chi connectivity index (χ3v) is 16.2. The van der Waals surface area contributed by atoms with E-state index in [1.807, 2.05) is 0 Å². The zero-order chi connectivity index (χ0) is 22.1. The number of benzene rings is 1. The molecule has 1 saturated carbocycles. The van der Waals surface area contributed by atoms with Crippen LogP contribution in [0, 0.1) is 0 Å². The minimum Gasteiger partial charge on any atom is -0.283 e. The molecule has 1 fully saturated rings. The molecule has 172 valence electrons. The van der Waals surface area contributed by atoms with Crippen LogP contribution in [0.15, 0.2) is 30.3 Å². The molecule has 0 radical (unpaired) electrons. The third-order valence-electron chi connectivity index (χ3n) is 7.63. The van der Waals surface area contributed by atoms with Gasteiger partial charge in [-0.1, -0.05) is 71.9 Å². The summed E-state index contributed by atoms with van der Waals surface area (Å²) in [5, 5.41) is 0. The molecular weight excluding hydrogens is 408 g/mol. The molecule has 30 heavy (non-hydrogen) atoms. The molecule has 0 unspecified atom stereocenters. The van der Waals surface area contributed by atoms with Crippen LogP contribution < -0.4 is 0 Å². The second-order valence-corrected chi connectivity index (χ2v) is 18.2. The quantitative estimate of drug-likeness (QED) is 0.132. The first-order valence-electron chi connectivity index (χ1n) is 12.2. The van der Waals surface area contributed by atoms with Crippen LogP contribution in [0.1, 0.15) is 78.7 Å². The van der Waals surface area contributed by atoms with E-state index in [1.165, 1.54) is 5.56 Å². The average molecular weight is 453 g/mol. The van der Waals surface area contributed by atoms with Gasteiger partial charge in [-0.25, -0.2) is 9.78 Å². The lowest BCUT2D eigenvalue weighted by Crippen LogP contribution is -2.48. The van der Waals surface area contributed by atoms with E-state index in [1.54, 1.807) is 0 Å². The van der Waals surface area contributed by atoms with Crippen LogP contribution in [-0.4, -0.2) is 22.4 Å². The molecule has 1 aromatic carbocycles. The Kier molecular flexibility index (Phi) is 10.2. The lowest BCUT2D eigenvalue weighted by molar-refractivity contribution is -0.474. The van der Waals surface area contributed by atoms with Crippen LogP contribution in [0.5, 0.6) is 0 Å². The van der Waals surface area contributed by atoms with Gasteiger partial charge < -0.3 is 0 Å². The van der Waals surface area contributed by atoms with Gasteiger partial charge in [0.2, 0.25) is 22.4 Å². The van der Waals surface area contributed by atoms with Gasteiger partial charge in [-0.2, -0.15) is 0 Å². The van der Waals surface area contributed by atoms with Crippen LogP contribution >= 0.6 is 0 Å². The summed E-state index contributed by atoms with van der Waals surface area (Å²) in [7, 11) is -3.75. The molecule has 0 bridgehead atoms. The predicted molar refractivity (Wildman–Crippen MR) is 129 cm³/mol. The largest absolute Gasteiger partial charge is 0.283 e. The molecule has 0 spiro atoms. The number of hydrogen-bond acceptors (Lipinski definition) is 4. The molecule has 0 N–H and O–H groups in total. The van der Waals surface area contributed by atoms with Gasteiger partial charge in [0.05, 0.1) is 0 Å². The highest BCUT2D eigenvalue weighted by Gasteiger charge is 2.45. The highest BCUT2D eigenvalue weighted by Crippen LogP contribution is 2.42. The van der Waals surface area contributed by atoms with Gasteiger partial charge >= 0.3 is 0 Å². The first-order chi connectivity index (χ1) is 14.5. The topological polar surface area (TPSA) is 36.9 Å². The molecule has 1 aliphatic carbocycles. The fourth-order valence-corrected chi connectivity index (χ4v) is 8.84. The zero-order valence-electron chi connectivity index (χ0n) is 20.2. The normalized spacial score (nSPS) is 17.9. The van der Waals surface area contributed by atoms with E-state index < -0.39 is 22.4 Å². The molecule has 1 aliphatic rings. The third kappa shape index (κ3) is 6.27. The molecule has 4 nitrogen and oxygen atoms in total. The Balaban J connectivity index is 2.14. The van der Waals surface area contributed by atoms with E-state index in [4.69, 9.17) is 18.9 Å². The van der Waals surface area contributed by atoms with Crippen LogP contribution in [0.2, 0.25) is 36.3 Å². The van der Waals surface area contributed by atoms with Gasteiger partial charge in [0.25, 0.3) is 0 Å². The molecular formula is C24H44O4Si2. The minimum absolute atomic E-state index is 0.544. The predicted octanol–water partition coefficient (Wildman–Crippen LogP) is 7.95. The van der Waals surface area contributed by atoms with Crippen molar-refractivity contribution in [1.29, 1.82) is 0 Å². The first-order valence-corrected chi connectivity index (χ1v) is 17.3. The van der Waals surface area contributed by atoms with Gasteiger partial charge in [0.1, 0.15) is 0 Å². The van der Waals surface area contributed by atoms with Crippen molar-refractivity contribution in [3.63, 3.8) is 0 Å². The second kappa shape index (κ2) is 11.9. The van der Waals surface area contributed by atoms with Crippen molar-refractivity contribution >= 4 is 16.6 Å². The second-order valence-electron chi connectivity index (χ2n) is 8.92. The Morgan fingerprint density at radius 2 is 1.10 bits per heavy atom. The SMILES string of the molecule is CC[Si](CC)(CC)OOC1(OO[Si](CC)(CC)CC)CCC(c2ccccc2)CC1. The van der Waals surface area contributed by atoms with Gasteiger partial charge in [-0.15, -0.1) is 0 Å². The first kappa shape index (κ1) is 25.8. The Labute approximate surface area is 186 Å². The molecule has 1 aromatic rings. The smallest absolute Gasteiger partial charge is 0.238 e. The fraction of sp³-hybridized carbons (Fsp3) is 0.750. The molecule has 0 aromatic heterocycles. The Hall–Kier alpha value is -0.506. The van der Waals surface area contributed by atoms with Gasteiger partial charge in [-0.05, 0) is 60.6 Å². The van der Waals surface area contributed by atoms with Crippen molar-refractivity contribution in [2.24, 2.45) is 0 Å². The lowest BCUT2D eigenvalue weighted by Gasteiger charge is -2.42. The monoisotopic (exact) mass is 452 g/mol. The highest BCUT2D eigenvalue weighted by molar-refractivity contribution is 6.73. The summed E-state index contributed by atoms with van der Waals surface area (Å²) in [5.41, 5.74) is 1.41. The summed E-state index contributed by atoms with van der Waals surface area (Å²) in [6, 6.07) is 17.2. The van der Waals surface area contributed by atoms with E-state index in [0.29, 0.717) is 5.92 Å². The van der Waals surface area contributed by atoms with Crippen LogP contribution in [-0.2, 0) is 18.9 Å². The van der Waals surface area contributed by atoms with Crippen molar-refractivity contribution < 1.29 is 18.9 Å². The lowest BCUT2D eigenvalue weighted by atomic mass is 9.81. The number of hydrogen-bond donors (Lipinski definition) is 0. The Bertz CT molecular complexity index is 552. The molecule has 0 aliphatic heterocycles. The molecule has 0 atom stereocenters. The van der Waals surface area contributed by atoms with E-state index in [9.17, 15) is 0 Å².